The van der Waals surface area contributed by atoms with Crippen molar-refractivity contribution in [1.82, 2.24) is 0 Å². The number of carbonyl (C=O) groups excluding carboxylic acids is 1. The van der Waals surface area contributed by atoms with Gasteiger partial charge in [0.1, 0.15) is 5.78 Å². The fourth-order valence-electron chi connectivity index (χ4n) is 3.87. The first kappa shape index (κ1) is 13.5. The number of halogens is 2. The maximum atomic E-state index is 12.2. The molecule has 0 aliphatic heterocycles. The Hall–Kier alpha value is -0.530. The molecule has 2 bridgehead atoms. The summed E-state index contributed by atoms with van der Waals surface area (Å²) in [4.78, 5) is 12.2. The molecule has 3 atom stereocenters. The van der Waals surface area contributed by atoms with E-state index < -0.39 is 0 Å². The average Bonchev–Trinajstić information content (AvgIpc) is 2.96. The molecule has 3 unspecified atom stereocenters. The lowest BCUT2D eigenvalue weighted by molar-refractivity contribution is -0.119. The SMILES string of the molecule is O=C(Cc1ccc(Cl)c(Cl)c1)CC1CC2CCC1C2. The van der Waals surface area contributed by atoms with E-state index in [1.807, 2.05) is 12.1 Å². The van der Waals surface area contributed by atoms with E-state index in [2.05, 4.69) is 0 Å². The van der Waals surface area contributed by atoms with Crippen LogP contribution in [0.5, 0.6) is 0 Å². The van der Waals surface area contributed by atoms with Crippen LogP contribution < -0.4 is 0 Å². The van der Waals surface area contributed by atoms with Crippen molar-refractivity contribution in [3.63, 3.8) is 0 Å². The molecule has 3 heteroatoms. The van der Waals surface area contributed by atoms with Gasteiger partial charge in [-0.05, 0) is 54.7 Å². The summed E-state index contributed by atoms with van der Waals surface area (Å²) in [6.07, 6.45) is 6.62. The normalized spacial score (nSPS) is 28.8. The van der Waals surface area contributed by atoms with Gasteiger partial charge >= 0.3 is 0 Å². The fraction of sp³-hybridized carbons (Fsp3) is 0.562. The van der Waals surface area contributed by atoms with Gasteiger partial charge in [-0.25, -0.2) is 0 Å². The van der Waals surface area contributed by atoms with Crippen LogP contribution in [-0.2, 0) is 11.2 Å². The van der Waals surface area contributed by atoms with Gasteiger partial charge in [0.15, 0.2) is 0 Å². The van der Waals surface area contributed by atoms with E-state index in [-0.39, 0.29) is 0 Å². The van der Waals surface area contributed by atoms with Crippen LogP contribution >= 0.6 is 23.2 Å². The van der Waals surface area contributed by atoms with Crippen LogP contribution in [0.4, 0.5) is 0 Å². The van der Waals surface area contributed by atoms with Crippen LogP contribution in [0.1, 0.15) is 37.7 Å². The van der Waals surface area contributed by atoms with E-state index in [9.17, 15) is 4.79 Å². The van der Waals surface area contributed by atoms with Gasteiger partial charge in [-0.1, -0.05) is 35.7 Å². The summed E-state index contributed by atoms with van der Waals surface area (Å²) in [5.74, 6) is 2.72. The molecule has 0 radical (unpaired) electrons. The summed E-state index contributed by atoms with van der Waals surface area (Å²) in [7, 11) is 0. The van der Waals surface area contributed by atoms with Gasteiger partial charge in [0.05, 0.1) is 10.0 Å². The number of rotatable bonds is 4. The van der Waals surface area contributed by atoms with E-state index in [1.165, 1.54) is 25.7 Å². The Kier molecular flexibility index (Phi) is 3.86. The Bertz CT molecular complexity index is 498. The molecule has 0 saturated heterocycles. The number of carbonyl (C=O) groups is 1. The van der Waals surface area contributed by atoms with Crippen molar-refractivity contribution in [2.75, 3.05) is 0 Å². The zero-order valence-electron chi connectivity index (χ0n) is 10.9. The molecule has 0 N–H and O–H groups in total. The van der Waals surface area contributed by atoms with Gasteiger partial charge in [-0.2, -0.15) is 0 Å². The maximum Gasteiger partial charge on any atom is 0.137 e. The molecule has 2 aliphatic rings. The molecule has 0 heterocycles. The second-order valence-electron chi connectivity index (χ2n) is 6.10. The topological polar surface area (TPSA) is 17.1 Å². The van der Waals surface area contributed by atoms with Crippen molar-refractivity contribution < 1.29 is 4.79 Å². The summed E-state index contributed by atoms with van der Waals surface area (Å²) in [6.45, 7) is 0. The van der Waals surface area contributed by atoms with Crippen molar-refractivity contribution in [2.24, 2.45) is 17.8 Å². The van der Waals surface area contributed by atoms with E-state index in [1.54, 1.807) is 6.07 Å². The molecule has 3 rings (SSSR count). The average molecular weight is 297 g/mol. The Morgan fingerprint density at radius 2 is 2.00 bits per heavy atom. The predicted molar refractivity (Wildman–Crippen MR) is 78.7 cm³/mol. The third-order valence-electron chi connectivity index (χ3n) is 4.76. The van der Waals surface area contributed by atoms with Gasteiger partial charge in [-0.15, -0.1) is 0 Å². The highest BCUT2D eigenvalue weighted by Crippen LogP contribution is 2.49. The summed E-state index contributed by atoms with van der Waals surface area (Å²) in [5, 5.41) is 1.08. The highest BCUT2D eigenvalue weighted by atomic mass is 35.5. The Balaban J connectivity index is 1.57. The number of fused-ring (bicyclic) bond motifs is 2. The van der Waals surface area contributed by atoms with E-state index in [4.69, 9.17) is 23.2 Å². The van der Waals surface area contributed by atoms with Gasteiger partial charge in [0.25, 0.3) is 0 Å². The molecule has 2 saturated carbocycles. The first-order valence-electron chi connectivity index (χ1n) is 7.07. The van der Waals surface area contributed by atoms with Gasteiger partial charge < -0.3 is 0 Å². The lowest BCUT2D eigenvalue weighted by atomic mass is 9.84. The van der Waals surface area contributed by atoms with Crippen LogP contribution in [-0.4, -0.2) is 5.78 Å². The minimum atomic E-state index is 0.343. The van der Waals surface area contributed by atoms with Crippen LogP contribution in [0, 0.1) is 17.8 Å². The zero-order chi connectivity index (χ0) is 13.4. The largest absolute Gasteiger partial charge is 0.299 e. The summed E-state index contributed by atoms with van der Waals surface area (Å²) >= 11 is 11.9. The standard InChI is InChI=1S/C16H18Cl2O/c17-15-4-2-11(8-16(15)18)7-14(19)9-13-6-10-1-3-12(13)5-10/h2,4,8,10,12-13H,1,3,5-7,9H2. The van der Waals surface area contributed by atoms with Crippen molar-refractivity contribution in [1.29, 1.82) is 0 Å². The molecular formula is C16H18Cl2O. The van der Waals surface area contributed by atoms with Crippen molar-refractivity contribution in [3.05, 3.63) is 33.8 Å². The molecule has 1 aromatic rings. The fourth-order valence-corrected chi connectivity index (χ4v) is 4.19. The van der Waals surface area contributed by atoms with Crippen LogP contribution in [0.2, 0.25) is 10.0 Å². The van der Waals surface area contributed by atoms with E-state index >= 15 is 0 Å². The lowest BCUT2D eigenvalue weighted by Gasteiger charge is -2.20. The minimum Gasteiger partial charge on any atom is -0.299 e. The van der Waals surface area contributed by atoms with Gasteiger partial charge in [-0.3, -0.25) is 4.79 Å². The summed E-state index contributed by atoms with van der Waals surface area (Å²) < 4.78 is 0. The summed E-state index contributed by atoms with van der Waals surface area (Å²) in [6, 6.07) is 5.47. The molecule has 0 amide bonds. The van der Waals surface area contributed by atoms with Crippen molar-refractivity contribution >= 4 is 29.0 Å². The smallest absolute Gasteiger partial charge is 0.137 e. The third-order valence-corrected chi connectivity index (χ3v) is 5.50. The number of ketones is 1. The molecule has 0 spiro atoms. The number of benzene rings is 1. The van der Waals surface area contributed by atoms with Crippen LogP contribution in [0.15, 0.2) is 18.2 Å². The highest BCUT2D eigenvalue weighted by molar-refractivity contribution is 6.42. The molecule has 19 heavy (non-hydrogen) atoms. The molecule has 1 nitrogen and oxygen atoms in total. The molecule has 0 aromatic heterocycles. The van der Waals surface area contributed by atoms with Gasteiger partial charge in [0.2, 0.25) is 0 Å². The number of hydrogen-bond acceptors (Lipinski definition) is 1. The first-order valence-corrected chi connectivity index (χ1v) is 7.83. The minimum absolute atomic E-state index is 0.343. The molecule has 1 aromatic carbocycles. The van der Waals surface area contributed by atoms with Gasteiger partial charge in [0, 0.05) is 12.8 Å². The monoisotopic (exact) mass is 296 g/mol. The summed E-state index contributed by atoms with van der Waals surface area (Å²) in [5.41, 5.74) is 0.975. The first-order chi connectivity index (χ1) is 9.11. The van der Waals surface area contributed by atoms with Crippen LogP contribution in [0.25, 0.3) is 0 Å². The quantitative estimate of drug-likeness (QED) is 0.770. The van der Waals surface area contributed by atoms with E-state index in [0.29, 0.717) is 28.2 Å². The molecular weight excluding hydrogens is 279 g/mol. The zero-order valence-corrected chi connectivity index (χ0v) is 12.4. The second kappa shape index (κ2) is 5.46. The highest BCUT2D eigenvalue weighted by Gasteiger charge is 2.39. The molecule has 2 fully saturated rings. The Morgan fingerprint density at radius 3 is 2.63 bits per heavy atom. The third kappa shape index (κ3) is 2.98. The maximum absolute atomic E-state index is 12.2. The Labute approximate surface area is 124 Å². The number of hydrogen-bond donors (Lipinski definition) is 0. The van der Waals surface area contributed by atoms with Crippen LogP contribution in [0.3, 0.4) is 0 Å². The van der Waals surface area contributed by atoms with Crippen molar-refractivity contribution in [2.45, 2.75) is 38.5 Å². The molecule has 2 aliphatic carbocycles. The molecule has 102 valence electrons. The predicted octanol–water partition coefficient (Wildman–Crippen LogP) is 4.93. The lowest BCUT2D eigenvalue weighted by Crippen LogP contribution is -2.16. The second-order valence-corrected chi connectivity index (χ2v) is 6.92. The number of Topliss-reactive ketones (excluding diaryl/α,β-unsaturated/α-hetero) is 1. The van der Waals surface area contributed by atoms with E-state index in [0.717, 1.165) is 23.8 Å². The Morgan fingerprint density at radius 1 is 1.16 bits per heavy atom. The van der Waals surface area contributed by atoms with Crippen molar-refractivity contribution in [3.8, 4) is 0 Å².